The second-order valence-corrected chi connectivity index (χ2v) is 10.3. The number of hydrogen-bond donors (Lipinski definition) is 1. The highest BCUT2D eigenvalue weighted by Crippen LogP contribution is 2.44. The largest absolute Gasteiger partial charge is 0.497 e. The van der Waals surface area contributed by atoms with Gasteiger partial charge in [-0.05, 0) is 35.7 Å². The zero-order chi connectivity index (χ0) is 30.6. The Morgan fingerprint density at radius 3 is 2.12 bits per heavy atom. The third-order valence-electron chi connectivity index (χ3n) is 7.79. The first-order valence-electron chi connectivity index (χ1n) is 13.7. The number of aryl methyl sites for hydroxylation is 1. The molecule has 1 aromatic heterocycles. The lowest BCUT2D eigenvalue weighted by Gasteiger charge is -2.37. The maximum atomic E-state index is 12.8. The smallest absolute Gasteiger partial charge is 0.330 e. The van der Waals surface area contributed by atoms with Crippen LogP contribution in [0.25, 0.3) is 0 Å². The second-order valence-electron chi connectivity index (χ2n) is 10.3. The van der Waals surface area contributed by atoms with Crippen LogP contribution in [0, 0.1) is 40.2 Å². The minimum Gasteiger partial charge on any atom is -0.497 e. The number of benzene rings is 3. The van der Waals surface area contributed by atoms with Gasteiger partial charge in [0, 0.05) is 16.7 Å². The van der Waals surface area contributed by atoms with Gasteiger partial charge in [-0.15, -0.1) is 0 Å². The fourth-order valence-corrected chi connectivity index (χ4v) is 5.69. The molecule has 0 unspecified atom stereocenters. The molecule has 1 N–H and O–H groups in total. The number of nitrogens with zero attached hydrogens (tertiary/aromatic N) is 3. The molecule has 1 fully saturated rings. The van der Waals surface area contributed by atoms with Gasteiger partial charge in [0.25, 0.3) is 5.56 Å². The van der Waals surface area contributed by atoms with Gasteiger partial charge in [-0.2, -0.15) is 5.26 Å². The van der Waals surface area contributed by atoms with Gasteiger partial charge in [-0.25, -0.2) is 4.79 Å². The molecule has 3 aromatic carbocycles. The molecule has 11 heteroatoms. The normalized spacial score (nSPS) is 19.9. The van der Waals surface area contributed by atoms with E-state index in [4.69, 9.17) is 14.2 Å². The van der Waals surface area contributed by atoms with E-state index in [0.717, 1.165) is 21.3 Å². The molecule has 0 spiro atoms. The molecular weight excluding hydrogens is 552 g/mol. The van der Waals surface area contributed by atoms with E-state index in [1.165, 1.54) is 13.1 Å². The van der Waals surface area contributed by atoms with Gasteiger partial charge in [0.05, 0.1) is 31.6 Å². The van der Waals surface area contributed by atoms with Crippen molar-refractivity contribution in [3.63, 3.8) is 0 Å². The monoisotopic (exact) mass is 582 g/mol. The van der Waals surface area contributed by atoms with Gasteiger partial charge < -0.3 is 14.2 Å². The van der Waals surface area contributed by atoms with Crippen LogP contribution in [0.3, 0.4) is 0 Å². The molecule has 0 radical (unpaired) electrons. The van der Waals surface area contributed by atoms with Crippen molar-refractivity contribution in [2.75, 3.05) is 20.3 Å². The molecule has 11 nitrogen and oxygen atoms in total. The average Bonchev–Trinajstić information content (AvgIpc) is 3.36. The van der Waals surface area contributed by atoms with E-state index in [9.17, 15) is 25.0 Å². The van der Waals surface area contributed by atoms with Gasteiger partial charge >= 0.3 is 5.69 Å². The van der Waals surface area contributed by atoms with Gasteiger partial charge in [0.15, 0.2) is 0 Å². The molecule has 0 aliphatic carbocycles. The Balaban J connectivity index is 1.60. The second kappa shape index (κ2) is 12.4. The van der Waals surface area contributed by atoms with Crippen molar-refractivity contribution >= 4 is 0 Å². The molecule has 2 heterocycles. The van der Waals surface area contributed by atoms with Crippen molar-refractivity contribution in [1.29, 1.82) is 5.26 Å². The Labute approximate surface area is 247 Å². The molecule has 1 aliphatic heterocycles. The number of nitrogens with one attached hydrogen (secondary N) is 1. The molecule has 0 saturated carbocycles. The summed E-state index contributed by atoms with van der Waals surface area (Å²) in [7, 11) is 1.58. The topological polar surface area (TPSA) is 149 Å². The van der Waals surface area contributed by atoms with Crippen molar-refractivity contribution in [3.8, 4) is 11.8 Å². The minimum atomic E-state index is -1.17. The van der Waals surface area contributed by atoms with Crippen LogP contribution in [-0.2, 0) is 15.1 Å². The Morgan fingerprint density at radius 2 is 1.58 bits per heavy atom. The summed E-state index contributed by atoms with van der Waals surface area (Å²) in [6, 6.07) is 28.8. The van der Waals surface area contributed by atoms with Gasteiger partial charge in [0.2, 0.25) is 6.54 Å². The number of ether oxygens (including phenoxy) is 3. The number of methoxy groups -OCH3 is 1. The molecule has 0 bridgehead atoms. The minimum absolute atomic E-state index is 0.143. The van der Waals surface area contributed by atoms with Crippen LogP contribution >= 0.6 is 0 Å². The van der Waals surface area contributed by atoms with E-state index < -0.39 is 52.5 Å². The van der Waals surface area contributed by atoms with E-state index in [1.54, 1.807) is 7.11 Å². The van der Waals surface area contributed by atoms with Crippen molar-refractivity contribution in [2.45, 2.75) is 24.9 Å². The summed E-state index contributed by atoms with van der Waals surface area (Å²) in [6.07, 6.45) is -0.814. The summed E-state index contributed by atoms with van der Waals surface area (Å²) < 4.78 is 19.6. The summed E-state index contributed by atoms with van der Waals surface area (Å²) in [6.45, 7) is 0.748. The van der Waals surface area contributed by atoms with Crippen LogP contribution in [0.1, 0.15) is 28.5 Å². The van der Waals surface area contributed by atoms with E-state index in [-0.39, 0.29) is 12.2 Å². The van der Waals surface area contributed by atoms with Crippen LogP contribution in [0.5, 0.6) is 5.75 Å². The molecule has 43 heavy (non-hydrogen) atoms. The Hall–Kier alpha value is -5.05. The first-order chi connectivity index (χ1) is 20.8. The lowest BCUT2D eigenvalue weighted by atomic mass is 9.80. The average molecular weight is 583 g/mol. The highest BCUT2D eigenvalue weighted by molar-refractivity contribution is 5.48. The number of nitriles is 1. The highest BCUT2D eigenvalue weighted by atomic mass is 16.6. The summed E-state index contributed by atoms with van der Waals surface area (Å²) in [5.41, 5.74) is 0.101. The molecule has 4 atom stereocenters. The Bertz CT molecular complexity index is 1690. The molecule has 1 saturated heterocycles. The maximum Gasteiger partial charge on any atom is 0.330 e. The predicted molar refractivity (Wildman–Crippen MR) is 156 cm³/mol. The van der Waals surface area contributed by atoms with Crippen LogP contribution in [-0.4, -0.2) is 40.8 Å². The van der Waals surface area contributed by atoms with Crippen LogP contribution in [0.4, 0.5) is 0 Å². The van der Waals surface area contributed by atoms with E-state index in [2.05, 4.69) is 11.1 Å². The third-order valence-corrected chi connectivity index (χ3v) is 7.79. The molecule has 220 valence electrons. The van der Waals surface area contributed by atoms with Crippen molar-refractivity contribution in [2.24, 2.45) is 11.8 Å². The zero-order valence-corrected chi connectivity index (χ0v) is 23.6. The third kappa shape index (κ3) is 5.70. The maximum absolute atomic E-state index is 12.8. The van der Waals surface area contributed by atoms with Crippen molar-refractivity contribution in [1.82, 2.24) is 9.55 Å². The summed E-state index contributed by atoms with van der Waals surface area (Å²) in [5, 5.41) is 21.9. The number of nitro groups is 1. The molecule has 5 rings (SSSR count). The van der Waals surface area contributed by atoms with E-state index in [1.807, 2.05) is 84.9 Å². The van der Waals surface area contributed by atoms with Gasteiger partial charge in [-0.3, -0.25) is 24.5 Å². The van der Waals surface area contributed by atoms with Crippen LogP contribution < -0.4 is 16.0 Å². The highest BCUT2D eigenvalue weighted by Gasteiger charge is 2.50. The molecule has 4 aromatic rings. The van der Waals surface area contributed by atoms with Gasteiger partial charge in [-0.1, -0.05) is 72.8 Å². The fraction of sp³-hybridized carbons (Fsp3) is 0.281. The Morgan fingerprint density at radius 1 is 1.00 bits per heavy atom. The standard InChI is InChI=1S/C32H30N4O7/c1-21-18-35(31(38)34-29(21)37)30-27(19-36(39)40)26(17-33)28(43-30)20-42-32(22-9-5-3-6-10-22,23-11-7-4-8-12-23)24-13-15-25(41-2)16-14-24/h3-16,18,26-28,30H,19-20H2,1-2H3,(H,34,37,38)/t26-,27-,28-,30-/m1/s1. The fourth-order valence-electron chi connectivity index (χ4n) is 5.69. The summed E-state index contributed by atoms with van der Waals surface area (Å²) in [5.74, 6) is -1.32. The first kappa shape index (κ1) is 29.4. The van der Waals surface area contributed by atoms with Crippen molar-refractivity contribution < 1.29 is 19.1 Å². The zero-order valence-electron chi connectivity index (χ0n) is 23.6. The van der Waals surface area contributed by atoms with Crippen molar-refractivity contribution in [3.05, 3.63) is 144 Å². The predicted octanol–water partition coefficient (Wildman–Crippen LogP) is 3.79. The number of aromatic amines is 1. The number of aromatic nitrogens is 2. The summed E-state index contributed by atoms with van der Waals surface area (Å²) in [4.78, 5) is 38.1. The van der Waals surface area contributed by atoms with Gasteiger partial charge in [0.1, 0.15) is 23.7 Å². The summed E-state index contributed by atoms with van der Waals surface area (Å²) >= 11 is 0. The lowest BCUT2D eigenvalue weighted by molar-refractivity contribution is -0.491. The molecule has 1 aliphatic rings. The Kier molecular flexibility index (Phi) is 8.52. The number of rotatable bonds is 10. The number of H-pyrrole nitrogens is 1. The lowest BCUT2D eigenvalue weighted by Crippen LogP contribution is -2.37. The van der Waals surface area contributed by atoms with Crippen LogP contribution in [0.2, 0.25) is 0 Å². The molecular formula is C32H30N4O7. The van der Waals surface area contributed by atoms with E-state index in [0.29, 0.717) is 5.75 Å². The van der Waals surface area contributed by atoms with Crippen LogP contribution in [0.15, 0.2) is 101 Å². The van der Waals surface area contributed by atoms with E-state index >= 15 is 0 Å². The molecule has 0 amide bonds. The number of hydrogen-bond acceptors (Lipinski definition) is 8. The first-order valence-corrected chi connectivity index (χ1v) is 13.7. The SMILES string of the molecule is COc1ccc(C(OC[C@H]2O[C@@H](n3cc(C)c(=O)[nH]c3=O)[C@H](C[N+](=O)[O-])[C@H]2C#N)(c2ccccc2)c2ccccc2)cc1. The quantitative estimate of drug-likeness (QED) is 0.169.